The minimum absolute atomic E-state index is 0. The third-order valence-electron chi connectivity index (χ3n) is 6.55. The molecule has 4 nitrogen and oxygen atoms in total. The molecule has 2 N–H and O–H groups in total. The summed E-state index contributed by atoms with van der Waals surface area (Å²) in [6.07, 6.45) is 3.31. The van der Waals surface area contributed by atoms with Gasteiger partial charge in [0.15, 0.2) is 5.65 Å². The summed E-state index contributed by atoms with van der Waals surface area (Å²) in [6, 6.07) is 33.3. The third-order valence-corrected chi connectivity index (χ3v) is 6.55. The van der Waals surface area contributed by atoms with Gasteiger partial charge in [0.2, 0.25) is 0 Å². The van der Waals surface area contributed by atoms with E-state index in [1.165, 1.54) is 12.0 Å². The number of nitrogens with zero attached hydrogens (tertiary/aromatic N) is 3. The van der Waals surface area contributed by atoms with Crippen molar-refractivity contribution in [1.29, 1.82) is 0 Å². The summed E-state index contributed by atoms with van der Waals surface area (Å²) < 4.78 is 2.16. The predicted octanol–water partition coefficient (Wildman–Crippen LogP) is 6.73. The van der Waals surface area contributed by atoms with Crippen LogP contribution in [0, 0.1) is 0 Å². The average Bonchev–Trinajstić information content (AvgIpc) is 3.22. The van der Waals surface area contributed by atoms with Crippen molar-refractivity contribution < 1.29 is 0 Å². The molecule has 0 radical (unpaired) electrons. The van der Waals surface area contributed by atoms with Crippen LogP contribution < -0.4 is 5.73 Å². The van der Waals surface area contributed by atoms with Gasteiger partial charge in [-0.15, -0.1) is 0 Å². The van der Waals surface area contributed by atoms with E-state index in [1.54, 1.807) is 0 Å². The molecule has 1 fully saturated rings. The van der Waals surface area contributed by atoms with E-state index in [0.29, 0.717) is 0 Å². The van der Waals surface area contributed by atoms with Gasteiger partial charge in [-0.25, -0.2) is 9.97 Å². The van der Waals surface area contributed by atoms with Crippen LogP contribution >= 0.6 is 0 Å². The lowest BCUT2D eigenvalue weighted by molar-refractivity contribution is 0.253. The maximum atomic E-state index is 6.56. The zero-order valence-corrected chi connectivity index (χ0v) is 17.8. The third kappa shape index (κ3) is 3.62. The van der Waals surface area contributed by atoms with Crippen molar-refractivity contribution in [3.05, 3.63) is 103 Å². The lowest BCUT2D eigenvalue weighted by Crippen LogP contribution is -2.43. The summed E-state index contributed by atoms with van der Waals surface area (Å²) in [7, 11) is 0. The number of hydrogen-bond donors (Lipinski definition) is 1. The van der Waals surface area contributed by atoms with Gasteiger partial charge in [0.1, 0.15) is 11.3 Å². The normalized spacial score (nSPS) is 14.5. The first-order valence-electron chi connectivity index (χ1n) is 11.1. The zero-order valence-electron chi connectivity index (χ0n) is 17.8. The number of rotatable bonds is 4. The van der Waals surface area contributed by atoms with Crippen LogP contribution in [0.2, 0.25) is 0 Å². The Labute approximate surface area is 194 Å². The summed E-state index contributed by atoms with van der Waals surface area (Å²) in [5.74, 6) is 0.886. The van der Waals surface area contributed by atoms with Crippen molar-refractivity contribution in [2.24, 2.45) is 5.73 Å². The molecule has 0 atom stereocenters. The van der Waals surface area contributed by atoms with Gasteiger partial charge in [0.05, 0.1) is 5.69 Å². The first-order valence-corrected chi connectivity index (χ1v) is 11.1. The molecule has 2 heterocycles. The number of aromatic nitrogens is 3. The molecule has 1 aliphatic carbocycles. The summed E-state index contributed by atoms with van der Waals surface area (Å²) >= 11 is 0. The highest BCUT2D eigenvalue weighted by molar-refractivity contribution is 5.82. The molecule has 3 aromatic carbocycles. The molecule has 1 aliphatic rings. The quantitative estimate of drug-likeness (QED) is 0.343. The highest BCUT2D eigenvalue weighted by Crippen LogP contribution is 2.39. The molecule has 5 aromatic rings. The van der Waals surface area contributed by atoms with Crippen molar-refractivity contribution in [1.82, 2.24) is 14.5 Å². The number of nitrogens with two attached hydrogens (primary N) is 1. The molecule has 1 saturated carbocycles. The predicted molar refractivity (Wildman–Crippen MR) is 136 cm³/mol. The fraction of sp³-hybridized carbons (Fsp3) is 0.172. The van der Waals surface area contributed by atoms with Gasteiger partial charge >= 0.3 is 0 Å². The minimum Gasteiger partial charge on any atom is -0.321 e. The Kier molecular flexibility index (Phi) is 5.31. The fourth-order valence-electron chi connectivity index (χ4n) is 4.54. The molecule has 0 saturated heterocycles. The SMILES string of the molecule is C.NC1(c2ccc(-n3c(-c4ccccc4)nc4ccc(-c5ccccc5)nc43)cc2)CCC1. The maximum absolute atomic E-state index is 6.56. The van der Waals surface area contributed by atoms with E-state index in [1.807, 2.05) is 42.5 Å². The van der Waals surface area contributed by atoms with Gasteiger partial charge < -0.3 is 5.73 Å². The second-order valence-corrected chi connectivity index (χ2v) is 8.60. The van der Waals surface area contributed by atoms with Crippen molar-refractivity contribution in [3.8, 4) is 28.3 Å². The summed E-state index contributed by atoms with van der Waals surface area (Å²) in [5.41, 5.74) is 13.4. The van der Waals surface area contributed by atoms with Crippen LogP contribution in [0.15, 0.2) is 97.1 Å². The Morgan fingerprint density at radius 1 is 0.697 bits per heavy atom. The summed E-state index contributed by atoms with van der Waals surface area (Å²) in [6.45, 7) is 0. The second-order valence-electron chi connectivity index (χ2n) is 8.60. The van der Waals surface area contributed by atoms with Crippen LogP contribution in [0.5, 0.6) is 0 Å². The molecule has 4 heteroatoms. The highest BCUT2D eigenvalue weighted by Gasteiger charge is 2.34. The Morgan fingerprint density at radius 3 is 1.94 bits per heavy atom. The fourth-order valence-corrected chi connectivity index (χ4v) is 4.54. The Hall–Kier alpha value is -3.76. The maximum Gasteiger partial charge on any atom is 0.165 e. The molecule has 0 spiro atoms. The number of fused-ring (bicyclic) bond motifs is 1. The van der Waals surface area contributed by atoms with Crippen molar-refractivity contribution in [2.45, 2.75) is 32.2 Å². The monoisotopic (exact) mass is 432 g/mol. The molecule has 2 aromatic heterocycles. The van der Waals surface area contributed by atoms with E-state index < -0.39 is 0 Å². The molecule has 0 unspecified atom stereocenters. The van der Waals surface area contributed by atoms with E-state index in [9.17, 15) is 0 Å². The zero-order chi connectivity index (χ0) is 21.5. The molecule has 0 bridgehead atoms. The van der Waals surface area contributed by atoms with Crippen molar-refractivity contribution in [2.75, 3.05) is 0 Å². The van der Waals surface area contributed by atoms with Gasteiger partial charge in [0.25, 0.3) is 0 Å². The molecule has 6 rings (SSSR count). The van der Waals surface area contributed by atoms with Crippen LogP contribution in [-0.2, 0) is 5.54 Å². The molecule has 33 heavy (non-hydrogen) atoms. The van der Waals surface area contributed by atoms with Crippen LogP contribution in [0.1, 0.15) is 32.3 Å². The van der Waals surface area contributed by atoms with E-state index in [4.69, 9.17) is 15.7 Å². The van der Waals surface area contributed by atoms with Crippen LogP contribution in [0.25, 0.3) is 39.5 Å². The van der Waals surface area contributed by atoms with Crippen LogP contribution in [0.3, 0.4) is 0 Å². The van der Waals surface area contributed by atoms with E-state index >= 15 is 0 Å². The van der Waals surface area contributed by atoms with E-state index in [2.05, 4.69) is 59.2 Å². The van der Waals surface area contributed by atoms with Crippen LogP contribution in [0.4, 0.5) is 0 Å². The topological polar surface area (TPSA) is 56.7 Å². The number of pyridine rings is 1. The minimum atomic E-state index is -0.170. The molecule has 0 aliphatic heterocycles. The molecule has 164 valence electrons. The average molecular weight is 433 g/mol. The van der Waals surface area contributed by atoms with Gasteiger partial charge in [-0.3, -0.25) is 4.57 Å². The van der Waals surface area contributed by atoms with E-state index in [-0.39, 0.29) is 13.0 Å². The molecular weight excluding hydrogens is 404 g/mol. The summed E-state index contributed by atoms with van der Waals surface area (Å²) in [5, 5.41) is 0. The van der Waals surface area contributed by atoms with Crippen LogP contribution in [-0.4, -0.2) is 14.5 Å². The number of imidazole rings is 1. The Balaban J connectivity index is 0.00000228. The number of benzene rings is 3. The Bertz CT molecular complexity index is 1380. The molecule has 0 amide bonds. The van der Waals surface area contributed by atoms with Gasteiger partial charge in [0, 0.05) is 22.4 Å². The first kappa shape index (κ1) is 21.1. The number of hydrogen-bond acceptors (Lipinski definition) is 3. The lowest BCUT2D eigenvalue weighted by atomic mass is 9.73. The smallest absolute Gasteiger partial charge is 0.165 e. The summed E-state index contributed by atoms with van der Waals surface area (Å²) in [4.78, 5) is 10.0. The molecular formula is C29H28N4. The second kappa shape index (κ2) is 8.30. The van der Waals surface area contributed by atoms with E-state index in [0.717, 1.165) is 52.3 Å². The Morgan fingerprint density at radius 2 is 1.33 bits per heavy atom. The van der Waals surface area contributed by atoms with Gasteiger partial charge in [-0.05, 0) is 49.1 Å². The lowest BCUT2D eigenvalue weighted by Gasteiger charge is -2.38. The van der Waals surface area contributed by atoms with Crippen molar-refractivity contribution in [3.63, 3.8) is 0 Å². The standard InChI is InChI=1S/C28H24N4.CH4/c29-28(18-7-19-28)22-12-14-23(15-13-22)32-26(21-10-5-2-6-11-21)31-25-17-16-24(30-27(25)32)20-8-3-1-4-9-20;/h1-6,8-17H,7,18-19,29H2;1H4. The largest absolute Gasteiger partial charge is 0.321 e. The van der Waals surface area contributed by atoms with Gasteiger partial charge in [-0.1, -0.05) is 80.2 Å². The van der Waals surface area contributed by atoms with Gasteiger partial charge in [-0.2, -0.15) is 0 Å². The first-order chi connectivity index (χ1) is 15.7. The van der Waals surface area contributed by atoms with Crippen molar-refractivity contribution >= 4 is 11.2 Å². The highest BCUT2D eigenvalue weighted by atomic mass is 15.1.